The summed E-state index contributed by atoms with van der Waals surface area (Å²) in [5.41, 5.74) is 14.0. The number of halogens is 3. The van der Waals surface area contributed by atoms with E-state index in [-0.39, 0.29) is 29.9 Å². The number of hydrogen-bond donors (Lipinski definition) is 2. The summed E-state index contributed by atoms with van der Waals surface area (Å²) < 4.78 is 70.8. The molecule has 514 valence electrons. The number of anilines is 4. The number of pyridine rings is 3. The van der Waals surface area contributed by atoms with E-state index < -0.39 is 55.0 Å². The van der Waals surface area contributed by atoms with Crippen molar-refractivity contribution in [3.63, 3.8) is 0 Å². The maximum atomic E-state index is 13.9. The van der Waals surface area contributed by atoms with E-state index in [1.807, 2.05) is 154 Å². The molecule has 3 atom stereocenters. The van der Waals surface area contributed by atoms with E-state index in [9.17, 15) is 23.1 Å². The highest BCUT2D eigenvalue weighted by atomic mass is 28.4. The van der Waals surface area contributed by atoms with Crippen LogP contribution in [0.1, 0.15) is 66.5 Å². The fourth-order valence-electron chi connectivity index (χ4n) is 10.0. The third-order valence-corrected chi connectivity index (χ3v) is 26.9. The quantitative estimate of drug-likeness (QED) is 0.0392. The Balaban J connectivity index is 0.000000205. The van der Waals surface area contributed by atoms with Crippen LogP contribution in [0.2, 0.25) is 36.3 Å². The normalized spacial score (nSPS) is 12.8. The van der Waals surface area contributed by atoms with Crippen molar-refractivity contribution in [1.29, 1.82) is 0 Å². The number of nitrogens with one attached hydrogen (secondary N) is 1. The summed E-state index contributed by atoms with van der Waals surface area (Å²) in [5.74, 6) is 1.94. The molecule has 14 nitrogen and oxygen atoms in total. The second kappa shape index (κ2) is 33.3. The van der Waals surface area contributed by atoms with Crippen LogP contribution in [-0.4, -0.2) is 144 Å². The van der Waals surface area contributed by atoms with Crippen molar-refractivity contribution in [2.24, 2.45) is 0 Å². The molecule has 0 fully saturated rings. The molecule has 2 N–H and O–H groups in total. The average Bonchev–Trinajstić information content (AvgIpc) is 0.831. The van der Waals surface area contributed by atoms with E-state index in [0.29, 0.717) is 23.7 Å². The van der Waals surface area contributed by atoms with Crippen molar-refractivity contribution in [3.05, 3.63) is 157 Å². The summed E-state index contributed by atoms with van der Waals surface area (Å²) in [6, 6.07) is 48.2. The monoisotopic (exact) mass is 1350 g/mol. The minimum atomic E-state index is -2.13. The van der Waals surface area contributed by atoms with Crippen LogP contribution < -0.4 is 34.2 Å². The van der Waals surface area contributed by atoms with E-state index in [1.54, 1.807) is 0 Å². The van der Waals surface area contributed by atoms with Crippen LogP contribution in [0.25, 0.3) is 66.5 Å². The van der Waals surface area contributed by atoms with Gasteiger partial charge in [0.1, 0.15) is 75.4 Å². The number of alkyl halides is 3. The van der Waals surface area contributed by atoms with E-state index >= 15 is 0 Å². The Morgan fingerprint density at radius 2 is 0.812 bits per heavy atom. The number of aryl methyl sites for hydroxylation is 2. The molecule has 0 bridgehead atoms. The zero-order valence-corrected chi connectivity index (χ0v) is 61.5. The molecule has 0 saturated carbocycles. The summed E-state index contributed by atoms with van der Waals surface area (Å²) in [5, 5.41) is 15.3. The SMILES string of the molecule is CCc1ccc2nc(-c3ccc(N(C)C)c(OCC(CF)O[Si](C)(C)C(C)(C)C)c3)ccc2c1.CCc1ccc2nc(-c3ccc(N(C)C)c(OCC(O)CF)c3)ccc2c1.CN(C)c1ccc(-c2ccc3cc(NC=O)ccc3n2)cc1OCC(CF)O[Si](C)(C)C(C)(C)C. The summed E-state index contributed by atoms with van der Waals surface area (Å²) >= 11 is 0. The Hall–Kier alpha value is -8.08. The van der Waals surface area contributed by atoms with E-state index in [0.717, 1.165) is 102 Å². The molecule has 0 aliphatic rings. The molecule has 0 saturated heterocycles. The topological polar surface area (TPSA) is 144 Å². The fraction of sp³-hybridized carbons (Fsp3) is 0.403. The zero-order chi connectivity index (χ0) is 70.3. The summed E-state index contributed by atoms with van der Waals surface area (Å²) in [6.07, 6.45) is 0.309. The van der Waals surface area contributed by atoms with Crippen molar-refractivity contribution in [1.82, 2.24) is 15.0 Å². The van der Waals surface area contributed by atoms with Gasteiger partial charge in [-0.1, -0.05) is 104 Å². The number of aromatic nitrogens is 3. The number of hydrogen-bond acceptors (Lipinski definition) is 13. The molecule has 0 radical (unpaired) electrons. The van der Waals surface area contributed by atoms with Crippen LogP contribution in [0.5, 0.6) is 17.2 Å². The van der Waals surface area contributed by atoms with Gasteiger partial charge >= 0.3 is 0 Å². The van der Waals surface area contributed by atoms with Gasteiger partial charge in [0, 0.05) is 80.8 Å². The molecule has 3 unspecified atom stereocenters. The molecule has 96 heavy (non-hydrogen) atoms. The first kappa shape index (κ1) is 75.3. The van der Waals surface area contributed by atoms with Crippen molar-refractivity contribution in [2.75, 3.05) is 102 Å². The molecule has 1 amide bonds. The van der Waals surface area contributed by atoms with E-state index in [2.05, 4.69) is 135 Å². The minimum Gasteiger partial charge on any atom is -0.489 e. The van der Waals surface area contributed by atoms with Crippen LogP contribution in [0, 0.1) is 0 Å². The predicted octanol–water partition coefficient (Wildman–Crippen LogP) is 17.8. The number of ether oxygens (including phenoxy) is 3. The van der Waals surface area contributed by atoms with Crippen molar-refractivity contribution < 1.29 is 46.1 Å². The molecular weight excluding hydrogens is 1250 g/mol. The van der Waals surface area contributed by atoms with Crippen molar-refractivity contribution in [2.45, 2.75) is 123 Å². The summed E-state index contributed by atoms with van der Waals surface area (Å²) in [4.78, 5) is 31.0. The van der Waals surface area contributed by atoms with E-state index in [4.69, 9.17) is 38.0 Å². The Morgan fingerprint density at radius 1 is 0.469 bits per heavy atom. The number of rotatable bonds is 26. The van der Waals surface area contributed by atoms with Gasteiger partial charge in [0.15, 0.2) is 16.6 Å². The highest BCUT2D eigenvalue weighted by molar-refractivity contribution is 6.74. The Kier molecular flexibility index (Phi) is 26.1. The van der Waals surface area contributed by atoms with Crippen LogP contribution in [0.15, 0.2) is 146 Å². The van der Waals surface area contributed by atoms with Crippen LogP contribution in [0.3, 0.4) is 0 Å². The Labute approximate surface area is 569 Å². The molecule has 3 heterocycles. The second-order valence-corrected chi connectivity index (χ2v) is 37.3. The maximum absolute atomic E-state index is 13.9. The number of carbonyl (C=O) groups excluding carboxylic acids is 1. The Bertz CT molecular complexity index is 4050. The van der Waals surface area contributed by atoms with E-state index in [1.165, 1.54) is 11.1 Å². The minimum absolute atomic E-state index is 0.00871. The van der Waals surface area contributed by atoms with Gasteiger partial charge in [0.05, 0.1) is 50.7 Å². The van der Waals surface area contributed by atoms with Gasteiger partial charge in [-0.15, -0.1) is 0 Å². The van der Waals surface area contributed by atoms with Gasteiger partial charge in [-0.2, -0.15) is 0 Å². The number of aliphatic hydroxyl groups is 1. The largest absolute Gasteiger partial charge is 0.489 e. The lowest BCUT2D eigenvalue weighted by Crippen LogP contribution is -2.46. The Morgan fingerprint density at radius 3 is 1.12 bits per heavy atom. The van der Waals surface area contributed by atoms with Gasteiger partial charge in [-0.25, -0.2) is 28.1 Å². The second-order valence-electron chi connectivity index (χ2n) is 27.8. The van der Waals surface area contributed by atoms with Crippen LogP contribution in [-0.2, 0) is 26.5 Å². The molecule has 0 spiro atoms. The number of aliphatic hydroxyl groups excluding tert-OH is 1. The smallest absolute Gasteiger partial charge is 0.211 e. The lowest BCUT2D eigenvalue weighted by atomic mass is 10.1. The maximum Gasteiger partial charge on any atom is 0.211 e. The van der Waals surface area contributed by atoms with Crippen LogP contribution >= 0.6 is 0 Å². The number of benzene rings is 6. The average molecular weight is 1350 g/mol. The van der Waals surface area contributed by atoms with Gasteiger partial charge in [0.2, 0.25) is 6.41 Å². The first-order valence-electron chi connectivity index (χ1n) is 32.9. The van der Waals surface area contributed by atoms with Crippen molar-refractivity contribution >= 4 is 78.5 Å². The van der Waals surface area contributed by atoms with Crippen molar-refractivity contribution in [3.8, 4) is 51.0 Å². The molecule has 0 aliphatic carbocycles. The molecule has 19 heteroatoms. The van der Waals surface area contributed by atoms with Gasteiger partial charge in [0.25, 0.3) is 0 Å². The highest BCUT2D eigenvalue weighted by Crippen LogP contribution is 2.41. The third-order valence-electron chi connectivity index (χ3n) is 17.8. The fourth-order valence-corrected chi connectivity index (χ4v) is 12.7. The van der Waals surface area contributed by atoms with Gasteiger partial charge in [-0.3, -0.25) is 4.79 Å². The first-order valence-corrected chi connectivity index (χ1v) is 38.7. The van der Waals surface area contributed by atoms with Gasteiger partial charge < -0.3 is 48.2 Å². The highest BCUT2D eigenvalue weighted by Gasteiger charge is 2.40. The summed E-state index contributed by atoms with van der Waals surface area (Å²) in [6.45, 7) is 23.9. The lowest BCUT2D eigenvalue weighted by molar-refractivity contribution is -0.105. The van der Waals surface area contributed by atoms with Crippen LogP contribution in [0.4, 0.5) is 35.9 Å². The lowest BCUT2D eigenvalue weighted by Gasteiger charge is -2.38. The third kappa shape index (κ3) is 19.8. The predicted molar refractivity (Wildman–Crippen MR) is 398 cm³/mol. The number of fused-ring (bicyclic) bond motifs is 3. The standard InChI is InChI=1S/C28H39FN2O2Si.C27H36FN3O3Si.C22H25FN2O2/c1-9-20-10-13-24-21(16-20)11-14-25(30-24)22-12-15-26(31(5)6)27(17-22)32-19-23(18-29)33-34(7,8)28(2,3)4;1-27(2,3)35(6,7)34-22(16-28)17-33-26-15-20(9-13-25(26)31(4)5)23-11-8-19-14-21(29-18-32)10-12-24(19)30-23;1-4-15-5-8-19-16(11-15)6-9-20(24-19)17-7-10-21(25(2)3)22(12-17)27-14-18(26)13-23/h10-17,23H,9,18-19H2,1-8H3;8-15,18,22H,16-17H2,1-7H3,(H,29,32);5-12,18,26H,4,13-14H2,1-3H3. The number of nitrogens with zero attached hydrogens (tertiary/aromatic N) is 6. The summed E-state index contributed by atoms with van der Waals surface area (Å²) in [7, 11) is 7.43. The molecule has 0 aliphatic heterocycles. The molecule has 6 aromatic carbocycles. The zero-order valence-electron chi connectivity index (χ0n) is 59.5. The first-order chi connectivity index (χ1) is 45.4. The molecule has 9 rings (SSSR count). The van der Waals surface area contributed by atoms with Gasteiger partial charge in [-0.05, 0) is 157 Å². The number of carbonyl (C=O) groups is 1. The molecule has 3 aromatic heterocycles. The number of amides is 1. The molecule has 9 aromatic rings. The molecular formula is C77H100F3N7O7Si2.